The van der Waals surface area contributed by atoms with E-state index in [-0.39, 0.29) is 12.0 Å². The number of aliphatic hydroxyl groups is 1. The van der Waals surface area contributed by atoms with Gasteiger partial charge in [-0.3, -0.25) is 24.4 Å². The van der Waals surface area contributed by atoms with Gasteiger partial charge in [-0.25, -0.2) is 0 Å². The number of unbranched alkanes of at least 4 members (excludes halogenated alkanes) is 2. The van der Waals surface area contributed by atoms with E-state index in [1.807, 2.05) is 17.9 Å². The smallest absolute Gasteiger partial charge is 0.222 e. The zero-order valence-electron chi connectivity index (χ0n) is 41.6. The second kappa shape index (κ2) is 36.3. The van der Waals surface area contributed by atoms with Crippen LogP contribution >= 0.6 is 0 Å². The monoisotopic (exact) mass is 905 g/mol. The molecule has 5 heterocycles. The van der Waals surface area contributed by atoms with Crippen LogP contribution in [-0.4, -0.2) is 183 Å². The molecule has 374 valence electrons. The number of likely N-dealkylation sites (N-methyl/N-ethyl adjacent to an activating group) is 3. The molecule has 6 rings (SSSR count). The zero-order valence-corrected chi connectivity index (χ0v) is 41.6. The maximum absolute atomic E-state index is 11.0. The van der Waals surface area contributed by atoms with Crippen molar-refractivity contribution >= 4 is 5.91 Å². The van der Waals surface area contributed by atoms with Crippen LogP contribution in [0.3, 0.4) is 0 Å². The molecule has 11 N–H and O–H groups in total. The highest BCUT2D eigenvalue weighted by molar-refractivity contribution is 5.78. The molecule has 0 saturated carbocycles. The lowest BCUT2D eigenvalue weighted by molar-refractivity contribution is -0.128. The largest absolute Gasteiger partial charge is 0.392 e. The van der Waals surface area contributed by atoms with Gasteiger partial charge < -0.3 is 48.1 Å². The van der Waals surface area contributed by atoms with Crippen LogP contribution in [-0.2, 0) is 20.9 Å². The van der Waals surface area contributed by atoms with Crippen molar-refractivity contribution < 1.29 is 19.4 Å². The molecule has 5 aliphatic rings. The Hall–Kier alpha value is -1.79. The molecule has 5 aliphatic heterocycles. The molecule has 0 spiro atoms. The molecule has 14 nitrogen and oxygen atoms in total. The SMILES string of the molecule is CCCCCC1CCC(CN)N1CC.CCN1C(=O)CCC1CN.CCN1CC(O)CC1CN.COCCCN1CCCC1CN.NCC1CCCN1CCCOCc1ccccc1. The van der Waals surface area contributed by atoms with Gasteiger partial charge in [-0.2, -0.15) is 0 Å². The molecule has 1 amide bonds. The molecule has 0 aromatic heterocycles. The third kappa shape index (κ3) is 21.9. The van der Waals surface area contributed by atoms with Gasteiger partial charge in [0.25, 0.3) is 0 Å². The Morgan fingerprint density at radius 2 is 1.23 bits per heavy atom. The van der Waals surface area contributed by atoms with Gasteiger partial charge in [-0.15, -0.1) is 0 Å². The number of aliphatic hydroxyl groups excluding tert-OH is 1. The summed E-state index contributed by atoms with van der Waals surface area (Å²) in [4.78, 5) is 22.7. The molecule has 1 aromatic carbocycles. The Morgan fingerprint density at radius 3 is 1.73 bits per heavy atom. The Bertz CT molecular complexity index is 1240. The van der Waals surface area contributed by atoms with E-state index in [2.05, 4.69) is 64.6 Å². The van der Waals surface area contributed by atoms with Crippen molar-refractivity contribution in [2.75, 3.05) is 105 Å². The van der Waals surface area contributed by atoms with Crippen LogP contribution in [0.4, 0.5) is 0 Å². The first kappa shape index (κ1) is 58.3. The first-order chi connectivity index (χ1) is 31.2. The van der Waals surface area contributed by atoms with Crippen LogP contribution in [0, 0.1) is 0 Å². The number of ether oxygens (including phenoxy) is 2. The van der Waals surface area contributed by atoms with Gasteiger partial charge in [0.2, 0.25) is 5.91 Å². The lowest BCUT2D eigenvalue weighted by Gasteiger charge is -2.28. The van der Waals surface area contributed by atoms with E-state index >= 15 is 0 Å². The van der Waals surface area contributed by atoms with Crippen LogP contribution < -0.4 is 28.7 Å². The van der Waals surface area contributed by atoms with Crippen molar-refractivity contribution in [1.29, 1.82) is 0 Å². The predicted octanol–water partition coefficient (Wildman–Crippen LogP) is 4.20. The van der Waals surface area contributed by atoms with E-state index < -0.39 is 0 Å². The Morgan fingerprint density at radius 1 is 0.641 bits per heavy atom. The summed E-state index contributed by atoms with van der Waals surface area (Å²) < 4.78 is 10.7. The molecule has 64 heavy (non-hydrogen) atoms. The van der Waals surface area contributed by atoms with Gasteiger partial charge in [-0.05, 0) is 109 Å². The van der Waals surface area contributed by atoms with Gasteiger partial charge in [-0.1, -0.05) is 70.4 Å². The van der Waals surface area contributed by atoms with Crippen molar-refractivity contribution in [3.8, 4) is 0 Å². The molecule has 5 saturated heterocycles. The van der Waals surface area contributed by atoms with Crippen molar-refractivity contribution in [3.05, 3.63) is 35.9 Å². The van der Waals surface area contributed by atoms with E-state index in [4.69, 9.17) is 38.1 Å². The summed E-state index contributed by atoms with van der Waals surface area (Å²) in [7, 11) is 1.75. The van der Waals surface area contributed by atoms with Gasteiger partial charge in [0.15, 0.2) is 0 Å². The minimum Gasteiger partial charge on any atom is -0.392 e. The molecule has 0 radical (unpaired) electrons. The number of nitrogens with two attached hydrogens (primary N) is 5. The average Bonchev–Trinajstić information content (AvgIpc) is 4.18. The second-order valence-corrected chi connectivity index (χ2v) is 18.3. The first-order valence-corrected chi connectivity index (χ1v) is 25.7. The highest BCUT2D eigenvalue weighted by Crippen LogP contribution is 2.27. The summed E-state index contributed by atoms with van der Waals surface area (Å²) in [5, 5.41) is 9.24. The second-order valence-electron chi connectivity index (χ2n) is 18.3. The minimum absolute atomic E-state index is 0.145. The van der Waals surface area contributed by atoms with Crippen LogP contribution in [0.5, 0.6) is 0 Å². The lowest BCUT2D eigenvalue weighted by atomic mass is 10.1. The van der Waals surface area contributed by atoms with E-state index in [0.717, 1.165) is 104 Å². The van der Waals surface area contributed by atoms with Crippen molar-refractivity contribution in [2.24, 2.45) is 28.7 Å². The molecule has 1 aromatic rings. The van der Waals surface area contributed by atoms with Gasteiger partial charge in [0, 0.05) is 122 Å². The Balaban J connectivity index is 0.000000280. The highest BCUT2D eigenvalue weighted by atomic mass is 16.5. The molecule has 14 heteroatoms. The number of nitrogens with zero attached hydrogens (tertiary/aromatic N) is 5. The molecular weight excluding hydrogens is 805 g/mol. The molecular formula is C50H100N10O4. The minimum atomic E-state index is -0.145. The maximum Gasteiger partial charge on any atom is 0.222 e. The van der Waals surface area contributed by atoms with Crippen molar-refractivity contribution in [2.45, 2.75) is 173 Å². The number of carbonyl (C=O) groups is 1. The maximum atomic E-state index is 11.0. The number of methoxy groups -OCH3 is 1. The van der Waals surface area contributed by atoms with E-state index in [1.165, 1.54) is 89.4 Å². The number of benzene rings is 1. The highest BCUT2D eigenvalue weighted by Gasteiger charge is 2.31. The first-order valence-electron chi connectivity index (χ1n) is 25.7. The number of rotatable bonds is 22. The van der Waals surface area contributed by atoms with Crippen molar-refractivity contribution in [3.63, 3.8) is 0 Å². The fourth-order valence-corrected chi connectivity index (χ4v) is 10.2. The van der Waals surface area contributed by atoms with Crippen molar-refractivity contribution in [1.82, 2.24) is 24.5 Å². The Labute approximate surface area is 391 Å². The number of likely N-dealkylation sites (tertiary alicyclic amines) is 5. The fraction of sp³-hybridized carbons (Fsp3) is 0.860. The third-order valence-corrected chi connectivity index (χ3v) is 14.0. The lowest BCUT2D eigenvalue weighted by Crippen LogP contribution is -2.40. The van der Waals surface area contributed by atoms with E-state index in [1.54, 1.807) is 7.11 Å². The van der Waals surface area contributed by atoms with E-state index in [0.29, 0.717) is 49.7 Å². The summed E-state index contributed by atoms with van der Waals surface area (Å²) in [6.07, 6.45) is 17.9. The normalized spacial score (nSPS) is 26.2. The van der Waals surface area contributed by atoms with Crippen LogP contribution in [0.25, 0.3) is 0 Å². The van der Waals surface area contributed by atoms with Crippen LogP contribution in [0.1, 0.15) is 130 Å². The fourth-order valence-electron chi connectivity index (χ4n) is 10.2. The third-order valence-electron chi connectivity index (χ3n) is 14.0. The number of β-amino-alcohol motifs (C(OH)–C–C–N with tert-alkyl or cyclic N) is 1. The molecule has 5 fully saturated rings. The number of hydrogen-bond acceptors (Lipinski definition) is 13. The topological polar surface area (TPSA) is 202 Å². The standard InChI is InChI=1S/C15H24N2O.C12H26N2.C9H20N2O.C7H16N2O.C7H14N2O/c16-12-15-8-4-9-17(15)10-5-11-18-13-14-6-2-1-3-7-14;1-3-5-6-7-11-8-9-12(10-13)14(11)4-2;1-12-7-3-6-11-5-2-4-9(11)8-10;1-2-9-5-7(10)3-6(9)4-8;1-2-9-6(5-8)3-4-7(9)10/h1-3,6-7,15H,4-5,8-13,16H2;11-12H,3-10,13H2,1-2H3;9H,2-8,10H2,1H3;6-7,10H,2-5,8H2,1H3;6H,2-5,8H2,1H3. The summed E-state index contributed by atoms with van der Waals surface area (Å²) >= 11 is 0. The predicted molar refractivity (Wildman–Crippen MR) is 267 cm³/mol. The molecule has 0 aliphatic carbocycles. The number of carbonyl (C=O) groups excluding carboxylic acids is 1. The number of amides is 1. The molecule has 7 atom stereocenters. The van der Waals surface area contributed by atoms with Crippen LogP contribution in [0.2, 0.25) is 0 Å². The average molecular weight is 905 g/mol. The van der Waals surface area contributed by atoms with Gasteiger partial charge in [0.05, 0.1) is 12.7 Å². The van der Waals surface area contributed by atoms with Crippen LogP contribution in [0.15, 0.2) is 30.3 Å². The molecule has 0 bridgehead atoms. The Kier molecular flexibility index (Phi) is 33.1. The summed E-state index contributed by atoms with van der Waals surface area (Å²) in [6.45, 7) is 23.3. The number of hydrogen-bond donors (Lipinski definition) is 6. The van der Waals surface area contributed by atoms with E-state index in [9.17, 15) is 9.90 Å². The van der Waals surface area contributed by atoms with Gasteiger partial charge in [0.1, 0.15) is 0 Å². The zero-order chi connectivity index (χ0) is 47.0. The van der Waals surface area contributed by atoms with Gasteiger partial charge >= 0.3 is 0 Å². The quantitative estimate of drug-likeness (QED) is 0.0906. The summed E-state index contributed by atoms with van der Waals surface area (Å²) in [6, 6.07) is 13.8. The molecule has 7 unspecified atom stereocenters. The summed E-state index contributed by atoms with van der Waals surface area (Å²) in [5.41, 5.74) is 29.4. The summed E-state index contributed by atoms with van der Waals surface area (Å²) in [5.74, 6) is 0.262.